The molecule has 1 aliphatic rings. The summed E-state index contributed by atoms with van der Waals surface area (Å²) < 4.78 is 5.17. The molecule has 33 heavy (non-hydrogen) atoms. The van der Waals surface area contributed by atoms with E-state index < -0.39 is 0 Å². The second kappa shape index (κ2) is 10.3. The van der Waals surface area contributed by atoms with Gasteiger partial charge in [-0.15, -0.1) is 0 Å². The minimum absolute atomic E-state index is 0.0292. The summed E-state index contributed by atoms with van der Waals surface area (Å²) >= 11 is 0. The van der Waals surface area contributed by atoms with Crippen molar-refractivity contribution in [2.75, 3.05) is 20.2 Å². The molecule has 2 amide bonds. The molecule has 3 aromatic rings. The van der Waals surface area contributed by atoms with E-state index in [2.05, 4.69) is 10.3 Å². The number of aryl methyl sites for hydroxylation is 1. The maximum Gasteiger partial charge on any atom is 0.256 e. The van der Waals surface area contributed by atoms with Crippen LogP contribution in [0.3, 0.4) is 0 Å². The number of benzene rings is 2. The molecule has 6 nitrogen and oxygen atoms in total. The van der Waals surface area contributed by atoms with Crippen molar-refractivity contribution in [2.24, 2.45) is 5.92 Å². The van der Waals surface area contributed by atoms with Gasteiger partial charge in [0, 0.05) is 37.3 Å². The van der Waals surface area contributed by atoms with Crippen molar-refractivity contribution in [3.63, 3.8) is 0 Å². The third-order valence-corrected chi connectivity index (χ3v) is 6.22. The van der Waals surface area contributed by atoms with E-state index in [0.29, 0.717) is 43.7 Å². The van der Waals surface area contributed by atoms with Crippen molar-refractivity contribution in [1.29, 1.82) is 0 Å². The zero-order valence-electron chi connectivity index (χ0n) is 19.1. The summed E-state index contributed by atoms with van der Waals surface area (Å²) in [6.45, 7) is 3.62. The van der Waals surface area contributed by atoms with E-state index >= 15 is 0 Å². The average Bonchev–Trinajstić information content (AvgIpc) is 2.87. The van der Waals surface area contributed by atoms with E-state index in [0.717, 1.165) is 22.4 Å². The number of carbonyl (C=O) groups is 2. The monoisotopic (exact) mass is 443 g/mol. The SMILES string of the molecule is COc1ccc(CNC(=O)C2CCN(C(=O)c3cccnc3-c3ccccc3C)CC2)cc1. The van der Waals surface area contributed by atoms with Gasteiger partial charge in [-0.1, -0.05) is 36.4 Å². The van der Waals surface area contributed by atoms with Gasteiger partial charge in [-0.2, -0.15) is 0 Å². The first-order valence-corrected chi connectivity index (χ1v) is 11.3. The van der Waals surface area contributed by atoms with Crippen LogP contribution < -0.4 is 10.1 Å². The number of piperidine rings is 1. The fourth-order valence-corrected chi connectivity index (χ4v) is 4.22. The average molecular weight is 444 g/mol. The molecule has 1 aliphatic heterocycles. The van der Waals surface area contributed by atoms with Gasteiger partial charge in [-0.05, 0) is 55.2 Å². The first-order chi connectivity index (χ1) is 16.1. The summed E-state index contributed by atoms with van der Waals surface area (Å²) in [5.41, 5.74) is 4.39. The van der Waals surface area contributed by atoms with Gasteiger partial charge >= 0.3 is 0 Å². The number of hydrogen-bond acceptors (Lipinski definition) is 4. The Hall–Kier alpha value is -3.67. The van der Waals surface area contributed by atoms with Crippen molar-refractivity contribution in [1.82, 2.24) is 15.2 Å². The Kier molecular flexibility index (Phi) is 7.03. The van der Waals surface area contributed by atoms with Crippen LogP contribution in [0.1, 0.15) is 34.3 Å². The van der Waals surface area contributed by atoms with Crippen LogP contribution in [0.4, 0.5) is 0 Å². The van der Waals surface area contributed by atoms with Gasteiger partial charge in [-0.25, -0.2) is 0 Å². The molecule has 2 aromatic carbocycles. The Balaban J connectivity index is 1.36. The van der Waals surface area contributed by atoms with Crippen LogP contribution in [0.15, 0.2) is 66.9 Å². The van der Waals surface area contributed by atoms with Crippen LogP contribution in [0.5, 0.6) is 5.75 Å². The molecular formula is C27H29N3O3. The lowest BCUT2D eigenvalue weighted by molar-refractivity contribution is -0.126. The molecule has 170 valence electrons. The van der Waals surface area contributed by atoms with Crippen molar-refractivity contribution >= 4 is 11.8 Å². The number of carbonyl (C=O) groups excluding carboxylic acids is 2. The molecule has 6 heteroatoms. The predicted octanol–water partition coefficient (Wildman–Crippen LogP) is 4.23. The lowest BCUT2D eigenvalue weighted by atomic mass is 9.94. The van der Waals surface area contributed by atoms with Gasteiger partial charge in [-0.3, -0.25) is 14.6 Å². The van der Waals surface area contributed by atoms with Crippen LogP contribution in [-0.4, -0.2) is 41.9 Å². The smallest absolute Gasteiger partial charge is 0.256 e. The highest BCUT2D eigenvalue weighted by Gasteiger charge is 2.29. The maximum absolute atomic E-state index is 13.3. The van der Waals surface area contributed by atoms with Crippen molar-refractivity contribution < 1.29 is 14.3 Å². The van der Waals surface area contributed by atoms with Crippen LogP contribution in [0.25, 0.3) is 11.3 Å². The van der Waals surface area contributed by atoms with E-state index in [9.17, 15) is 9.59 Å². The Bertz CT molecular complexity index is 1120. The predicted molar refractivity (Wildman–Crippen MR) is 128 cm³/mol. The Labute approximate surface area is 194 Å². The molecular weight excluding hydrogens is 414 g/mol. The Morgan fingerprint density at radius 3 is 2.45 bits per heavy atom. The number of methoxy groups -OCH3 is 1. The number of nitrogens with zero attached hydrogens (tertiary/aromatic N) is 2. The van der Waals surface area contributed by atoms with Gasteiger partial charge in [0.15, 0.2) is 0 Å². The summed E-state index contributed by atoms with van der Waals surface area (Å²) in [7, 11) is 1.63. The number of hydrogen-bond donors (Lipinski definition) is 1. The summed E-state index contributed by atoms with van der Waals surface area (Å²) in [4.78, 5) is 32.3. The van der Waals surface area contributed by atoms with Gasteiger partial charge < -0.3 is 15.0 Å². The highest BCUT2D eigenvalue weighted by Crippen LogP contribution is 2.27. The van der Waals surface area contributed by atoms with Crippen LogP contribution in [-0.2, 0) is 11.3 Å². The minimum atomic E-state index is -0.0861. The first-order valence-electron chi connectivity index (χ1n) is 11.3. The van der Waals surface area contributed by atoms with E-state index in [4.69, 9.17) is 4.74 Å². The first kappa shape index (κ1) is 22.5. The quantitative estimate of drug-likeness (QED) is 0.619. The fraction of sp³-hybridized carbons (Fsp3) is 0.296. The molecule has 0 spiro atoms. The Morgan fingerprint density at radius 2 is 1.76 bits per heavy atom. The van der Waals surface area contributed by atoms with Gasteiger partial charge in [0.25, 0.3) is 5.91 Å². The second-order valence-corrected chi connectivity index (χ2v) is 8.35. The largest absolute Gasteiger partial charge is 0.497 e. The summed E-state index contributed by atoms with van der Waals surface area (Å²) in [5.74, 6) is 0.719. The van der Waals surface area contributed by atoms with Gasteiger partial charge in [0.2, 0.25) is 5.91 Å². The molecule has 0 bridgehead atoms. The van der Waals surface area contributed by atoms with E-state index in [1.165, 1.54) is 0 Å². The number of rotatable bonds is 6. The number of nitrogens with one attached hydrogen (secondary N) is 1. The van der Waals surface area contributed by atoms with E-state index in [1.54, 1.807) is 19.4 Å². The molecule has 0 atom stereocenters. The van der Waals surface area contributed by atoms with E-state index in [-0.39, 0.29) is 17.7 Å². The van der Waals surface area contributed by atoms with Gasteiger partial charge in [0.1, 0.15) is 5.75 Å². The third-order valence-electron chi connectivity index (χ3n) is 6.22. The lowest BCUT2D eigenvalue weighted by Gasteiger charge is -2.31. The van der Waals surface area contributed by atoms with E-state index in [1.807, 2.05) is 66.4 Å². The number of pyridine rings is 1. The van der Waals surface area contributed by atoms with Crippen LogP contribution >= 0.6 is 0 Å². The Morgan fingerprint density at radius 1 is 1.03 bits per heavy atom. The van der Waals surface area contributed by atoms with Crippen LogP contribution in [0, 0.1) is 12.8 Å². The molecule has 1 N–H and O–H groups in total. The number of ether oxygens (including phenoxy) is 1. The number of likely N-dealkylation sites (tertiary alicyclic amines) is 1. The zero-order chi connectivity index (χ0) is 23.2. The normalized spacial score (nSPS) is 14.1. The highest BCUT2D eigenvalue weighted by atomic mass is 16.5. The molecule has 0 aliphatic carbocycles. The highest BCUT2D eigenvalue weighted by molar-refractivity contribution is 6.00. The van der Waals surface area contributed by atoms with Crippen molar-refractivity contribution in [3.8, 4) is 17.0 Å². The van der Waals surface area contributed by atoms with Gasteiger partial charge in [0.05, 0.1) is 18.4 Å². The molecule has 0 unspecified atom stereocenters. The molecule has 0 radical (unpaired) electrons. The lowest BCUT2D eigenvalue weighted by Crippen LogP contribution is -2.43. The van der Waals surface area contributed by atoms with Crippen molar-refractivity contribution in [2.45, 2.75) is 26.3 Å². The summed E-state index contributed by atoms with van der Waals surface area (Å²) in [6, 6.07) is 19.3. The number of amides is 2. The molecule has 1 fully saturated rings. The molecule has 0 saturated carbocycles. The second-order valence-electron chi connectivity index (χ2n) is 8.35. The summed E-state index contributed by atoms with van der Waals surface area (Å²) in [5, 5.41) is 3.03. The maximum atomic E-state index is 13.3. The van der Waals surface area contributed by atoms with Crippen LogP contribution in [0.2, 0.25) is 0 Å². The summed E-state index contributed by atoms with van der Waals surface area (Å²) in [6.07, 6.45) is 3.03. The zero-order valence-corrected chi connectivity index (χ0v) is 19.1. The molecule has 4 rings (SSSR count). The van der Waals surface area contributed by atoms with Crippen molar-refractivity contribution in [3.05, 3.63) is 83.6 Å². The topological polar surface area (TPSA) is 71.5 Å². The standard InChI is InChI=1S/C27H29N3O3/c1-19-6-3-4-7-23(19)25-24(8-5-15-28-25)27(32)30-16-13-21(14-17-30)26(31)29-18-20-9-11-22(33-2)12-10-20/h3-12,15,21H,13-14,16-18H2,1-2H3,(H,29,31). The molecule has 1 aromatic heterocycles. The third kappa shape index (κ3) is 5.22. The fourth-order valence-electron chi connectivity index (χ4n) is 4.22. The number of aromatic nitrogens is 1. The molecule has 2 heterocycles. The molecule has 1 saturated heterocycles. The minimum Gasteiger partial charge on any atom is -0.497 e.